The van der Waals surface area contributed by atoms with E-state index in [1.165, 1.54) is 0 Å². The molecule has 7 nitrogen and oxygen atoms in total. The van der Waals surface area contributed by atoms with Crippen LogP contribution in [-0.4, -0.2) is 24.5 Å². The SMILES string of the molecule is N#Cc1cc(C#N)cc(-c2ccc3c(c2)c2ccccc2n3-c2ccc(-c3ccccn3)cc2-c2nc(-c3ccccc3)nc(-c3ccccc3)n2)c1. The van der Waals surface area contributed by atoms with Crippen molar-refractivity contribution < 1.29 is 0 Å². The van der Waals surface area contributed by atoms with Gasteiger partial charge in [0, 0.05) is 39.2 Å². The first-order chi connectivity index (χ1) is 26.2. The molecule has 9 aromatic rings. The molecule has 0 bridgehead atoms. The summed E-state index contributed by atoms with van der Waals surface area (Å²) < 4.78 is 2.26. The number of fused-ring (bicyclic) bond motifs is 3. The molecule has 0 saturated heterocycles. The summed E-state index contributed by atoms with van der Waals surface area (Å²) in [6.07, 6.45) is 1.79. The van der Waals surface area contributed by atoms with Crippen LogP contribution < -0.4 is 0 Å². The Morgan fingerprint density at radius 2 is 1.04 bits per heavy atom. The van der Waals surface area contributed by atoms with E-state index in [2.05, 4.69) is 64.2 Å². The fourth-order valence-corrected chi connectivity index (χ4v) is 6.87. The third-order valence-corrected chi connectivity index (χ3v) is 9.34. The number of hydrogen-bond acceptors (Lipinski definition) is 6. The molecule has 0 N–H and O–H groups in total. The molecule has 0 unspecified atom stereocenters. The summed E-state index contributed by atoms with van der Waals surface area (Å²) >= 11 is 0. The Morgan fingerprint density at radius 1 is 0.434 bits per heavy atom. The second-order valence-electron chi connectivity index (χ2n) is 12.6. The lowest BCUT2D eigenvalue weighted by Gasteiger charge is -2.16. The minimum atomic E-state index is 0.446. The van der Waals surface area contributed by atoms with E-state index in [4.69, 9.17) is 15.0 Å². The maximum Gasteiger partial charge on any atom is 0.166 e. The normalized spacial score (nSPS) is 11.0. The second kappa shape index (κ2) is 13.2. The molecule has 0 aliphatic carbocycles. The zero-order valence-electron chi connectivity index (χ0n) is 28.2. The van der Waals surface area contributed by atoms with Gasteiger partial charge in [0.05, 0.1) is 45.7 Å². The van der Waals surface area contributed by atoms with Crippen molar-refractivity contribution >= 4 is 21.8 Å². The van der Waals surface area contributed by atoms with Gasteiger partial charge < -0.3 is 4.57 Å². The number of nitriles is 2. The molecule has 0 aliphatic rings. The molecule has 0 fully saturated rings. The lowest BCUT2D eigenvalue weighted by atomic mass is 9.99. The van der Waals surface area contributed by atoms with E-state index < -0.39 is 0 Å². The van der Waals surface area contributed by atoms with Gasteiger partial charge in [0.15, 0.2) is 17.5 Å². The average Bonchev–Trinajstić information content (AvgIpc) is 3.57. The number of aromatic nitrogens is 5. The molecule has 0 atom stereocenters. The highest BCUT2D eigenvalue weighted by Crippen LogP contribution is 2.39. The third kappa shape index (κ3) is 5.75. The van der Waals surface area contributed by atoms with E-state index in [0.29, 0.717) is 28.6 Å². The molecule has 0 spiro atoms. The van der Waals surface area contributed by atoms with Gasteiger partial charge in [0.1, 0.15) is 0 Å². The largest absolute Gasteiger partial charge is 0.309 e. The Bertz CT molecular complexity index is 2810. The highest BCUT2D eigenvalue weighted by atomic mass is 15.1. The zero-order valence-corrected chi connectivity index (χ0v) is 28.2. The average molecular weight is 678 g/mol. The number of hydrogen-bond donors (Lipinski definition) is 0. The van der Waals surface area contributed by atoms with Gasteiger partial charge in [-0.2, -0.15) is 10.5 Å². The monoisotopic (exact) mass is 677 g/mol. The van der Waals surface area contributed by atoms with Gasteiger partial charge >= 0.3 is 0 Å². The number of rotatable bonds is 6. The first kappa shape index (κ1) is 31.3. The van der Waals surface area contributed by atoms with Gasteiger partial charge in [-0.15, -0.1) is 0 Å². The highest BCUT2D eigenvalue weighted by Gasteiger charge is 2.21. The van der Waals surface area contributed by atoms with E-state index in [1.54, 1.807) is 12.3 Å². The van der Waals surface area contributed by atoms with Gasteiger partial charge in [-0.3, -0.25) is 4.98 Å². The summed E-state index contributed by atoms with van der Waals surface area (Å²) in [7, 11) is 0. The second-order valence-corrected chi connectivity index (χ2v) is 12.6. The fourth-order valence-electron chi connectivity index (χ4n) is 6.87. The van der Waals surface area contributed by atoms with Crippen LogP contribution in [0.25, 0.3) is 84.0 Å². The quantitative estimate of drug-likeness (QED) is 0.173. The smallest absolute Gasteiger partial charge is 0.166 e. The molecular formula is C46H27N7. The summed E-state index contributed by atoms with van der Waals surface area (Å²) in [5.74, 6) is 1.68. The standard InChI is InChI=1S/C46H27N7/c47-28-30-23-31(29-48)25-36(24-30)34-18-20-42-38(26-34)37-15-7-8-17-41(37)53(42)43-21-19-35(40-16-9-10-22-49-40)27-39(43)46-51-44(32-11-3-1-4-12-32)50-45(52-46)33-13-5-2-6-14-33/h1-27H. The van der Waals surface area contributed by atoms with Crippen LogP contribution in [-0.2, 0) is 0 Å². The Morgan fingerprint density at radius 3 is 1.70 bits per heavy atom. The van der Waals surface area contributed by atoms with E-state index >= 15 is 0 Å². The molecule has 6 aromatic carbocycles. The first-order valence-electron chi connectivity index (χ1n) is 17.1. The van der Waals surface area contributed by atoms with Crippen LogP contribution in [0, 0.1) is 22.7 Å². The predicted molar refractivity (Wildman–Crippen MR) is 209 cm³/mol. The van der Waals surface area contributed by atoms with Crippen LogP contribution in [0.1, 0.15) is 11.1 Å². The summed E-state index contributed by atoms with van der Waals surface area (Å²) in [6, 6.07) is 56.4. The van der Waals surface area contributed by atoms with E-state index in [9.17, 15) is 10.5 Å². The molecule has 0 saturated carbocycles. The first-order valence-corrected chi connectivity index (χ1v) is 17.1. The summed E-state index contributed by atoms with van der Waals surface area (Å²) in [6.45, 7) is 0. The van der Waals surface area contributed by atoms with Crippen molar-refractivity contribution in [3.8, 4) is 74.4 Å². The van der Waals surface area contributed by atoms with Crippen LogP contribution in [0.3, 0.4) is 0 Å². The summed E-state index contributed by atoms with van der Waals surface area (Å²) in [5, 5.41) is 21.4. The molecular weight excluding hydrogens is 651 g/mol. The zero-order chi connectivity index (χ0) is 35.7. The molecule has 0 amide bonds. The lowest BCUT2D eigenvalue weighted by Crippen LogP contribution is -2.04. The number of pyridine rings is 1. The molecule has 9 rings (SSSR count). The van der Waals surface area contributed by atoms with Crippen LogP contribution in [0.5, 0.6) is 0 Å². The van der Waals surface area contributed by atoms with Crippen LogP contribution >= 0.6 is 0 Å². The number of nitrogens with zero attached hydrogens (tertiary/aromatic N) is 7. The number of para-hydroxylation sites is 1. The molecule has 3 aromatic heterocycles. The molecule has 53 heavy (non-hydrogen) atoms. The van der Waals surface area contributed by atoms with Crippen molar-refractivity contribution in [2.24, 2.45) is 0 Å². The maximum absolute atomic E-state index is 9.67. The van der Waals surface area contributed by atoms with Crippen molar-refractivity contribution in [3.63, 3.8) is 0 Å². The molecule has 0 radical (unpaired) electrons. The van der Waals surface area contributed by atoms with Gasteiger partial charge in [-0.1, -0.05) is 97.1 Å². The van der Waals surface area contributed by atoms with Gasteiger partial charge in [-0.25, -0.2) is 15.0 Å². The maximum atomic E-state index is 9.67. The van der Waals surface area contributed by atoms with Crippen LogP contribution in [0.15, 0.2) is 164 Å². The molecule has 7 heteroatoms. The van der Waals surface area contributed by atoms with Gasteiger partial charge in [-0.05, 0) is 71.8 Å². The fraction of sp³-hybridized carbons (Fsp3) is 0. The number of benzene rings is 6. The highest BCUT2D eigenvalue weighted by molar-refractivity contribution is 6.11. The van der Waals surface area contributed by atoms with Gasteiger partial charge in [0.25, 0.3) is 0 Å². The minimum absolute atomic E-state index is 0.446. The van der Waals surface area contributed by atoms with Crippen molar-refractivity contribution in [3.05, 3.63) is 175 Å². The van der Waals surface area contributed by atoms with Gasteiger partial charge in [0.2, 0.25) is 0 Å². The summed E-state index contributed by atoms with van der Waals surface area (Å²) in [4.78, 5) is 19.9. The lowest BCUT2D eigenvalue weighted by molar-refractivity contribution is 1.06. The van der Waals surface area contributed by atoms with E-state index in [0.717, 1.165) is 66.6 Å². The van der Waals surface area contributed by atoms with Crippen molar-refractivity contribution in [2.45, 2.75) is 0 Å². The van der Waals surface area contributed by atoms with Crippen molar-refractivity contribution in [2.75, 3.05) is 0 Å². The topological polar surface area (TPSA) is 104 Å². The Labute approximate surface area is 305 Å². The Kier molecular flexibility index (Phi) is 7.78. The summed E-state index contributed by atoms with van der Waals surface area (Å²) in [5.41, 5.74) is 9.87. The Hall–Kier alpha value is -7.74. The third-order valence-electron chi connectivity index (χ3n) is 9.34. The van der Waals surface area contributed by atoms with E-state index in [1.807, 2.05) is 109 Å². The predicted octanol–water partition coefficient (Wildman–Crippen LogP) is 10.4. The molecule has 0 aliphatic heterocycles. The van der Waals surface area contributed by atoms with E-state index in [-0.39, 0.29) is 0 Å². The van der Waals surface area contributed by atoms with Crippen molar-refractivity contribution in [1.29, 1.82) is 10.5 Å². The minimum Gasteiger partial charge on any atom is -0.309 e. The Balaban J connectivity index is 1.32. The van der Waals surface area contributed by atoms with Crippen molar-refractivity contribution in [1.82, 2.24) is 24.5 Å². The van der Waals surface area contributed by atoms with Crippen LogP contribution in [0.2, 0.25) is 0 Å². The molecule has 3 heterocycles. The van der Waals surface area contributed by atoms with Crippen LogP contribution in [0.4, 0.5) is 0 Å². The molecule has 246 valence electrons.